The van der Waals surface area contributed by atoms with E-state index < -0.39 is 5.41 Å². The summed E-state index contributed by atoms with van der Waals surface area (Å²) in [6, 6.07) is 11.9. The van der Waals surface area contributed by atoms with Gasteiger partial charge in [-0.15, -0.1) is 0 Å². The minimum Gasteiger partial charge on any atom is -0.493 e. The van der Waals surface area contributed by atoms with Crippen molar-refractivity contribution in [3.8, 4) is 11.5 Å². The maximum Gasteiger partial charge on any atom is 0.251 e. The van der Waals surface area contributed by atoms with E-state index in [1.165, 1.54) is 12.2 Å². The van der Waals surface area contributed by atoms with E-state index in [9.17, 15) is 4.79 Å². The number of ether oxygens (including phenoxy) is 2. The summed E-state index contributed by atoms with van der Waals surface area (Å²) < 4.78 is 13.0. The zero-order valence-electron chi connectivity index (χ0n) is 22.9. The van der Waals surface area contributed by atoms with Crippen LogP contribution in [0, 0.1) is 17.8 Å². The van der Waals surface area contributed by atoms with Gasteiger partial charge in [-0.05, 0) is 42.5 Å². The van der Waals surface area contributed by atoms with Gasteiger partial charge in [-0.3, -0.25) is 9.63 Å². The molecule has 0 bridgehead atoms. The second-order valence-corrected chi connectivity index (χ2v) is 11.5. The number of methoxy groups -OCH3 is 1. The molecule has 0 fully saturated rings. The third-order valence-corrected chi connectivity index (χ3v) is 6.61. The number of aryl methyl sites for hydroxylation is 1. The first-order valence-corrected chi connectivity index (χ1v) is 12.9. The molecule has 0 aliphatic heterocycles. The summed E-state index contributed by atoms with van der Waals surface area (Å²) in [6.07, 6.45) is 0.605. The Morgan fingerprint density at radius 2 is 1.81 bits per heavy atom. The first kappa shape index (κ1) is 28.7. The predicted octanol–water partition coefficient (Wildman–Crippen LogP) is 6.16. The van der Waals surface area contributed by atoms with Crippen molar-refractivity contribution < 1.29 is 19.1 Å². The van der Waals surface area contributed by atoms with E-state index in [1.807, 2.05) is 45.0 Å². The largest absolute Gasteiger partial charge is 0.493 e. The third-order valence-electron chi connectivity index (χ3n) is 6.12. The monoisotopic (exact) mass is 572 g/mol. The van der Waals surface area contributed by atoms with Crippen molar-refractivity contribution in [3.63, 3.8) is 0 Å². The lowest BCUT2D eigenvalue weighted by Gasteiger charge is -2.35. The number of carbonyl (C=O) groups excluding carboxylic acids is 1. The molecule has 3 aromatic rings. The number of amides is 1. The fourth-order valence-corrected chi connectivity index (χ4v) is 5.04. The van der Waals surface area contributed by atoms with Gasteiger partial charge in [0.15, 0.2) is 11.5 Å². The SMILES string of the molecule is COc1cc2c(NCc3cccc(Br)c3)nc(C)nc2cc1OCC(C)(C)CC(C)(C)C(=O)N(C)OC. The Morgan fingerprint density at radius 1 is 1.08 bits per heavy atom. The number of rotatable bonds is 11. The van der Waals surface area contributed by atoms with E-state index >= 15 is 0 Å². The molecule has 0 unspecified atom stereocenters. The van der Waals surface area contributed by atoms with Crippen LogP contribution in [0.25, 0.3) is 10.9 Å². The summed E-state index contributed by atoms with van der Waals surface area (Å²) in [7, 11) is 4.73. The number of fused-ring (bicyclic) bond motifs is 1. The Hall–Kier alpha value is -2.91. The molecule has 0 atom stereocenters. The van der Waals surface area contributed by atoms with Crippen molar-refractivity contribution in [2.24, 2.45) is 10.8 Å². The number of benzene rings is 2. The second-order valence-electron chi connectivity index (χ2n) is 10.6. The summed E-state index contributed by atoms with van der Waals surface area (Å²) >= 11 is 3.52. The van der Waals surface area contributed by atoms with Crippen LogP contribution in [0.2, 0.25) is 0 Å². The van der Waals surface area contributed by atoms with E-state index in [1.54, 1.807) is 14.2 Å². The van der Waals surface area contributed by atoms with Gasteiger partial charge in [0.05, 0.1) is 26.3 Å². The van der Waals surface area contributed by atoms with E-state index in [-0.39, 0.29) is 11.3 Å². The van der Waals surface area contributed by atoms with Gasteiger partial charge in [0.25, 0.3) is 5.91 Å². The molecule has 9 heteroatoms. The number of halogens is 1. The van der Waals surface area contributed by atoms with Crippen LogP contribution >= 0.6 is 15.9 Å². The lowest BCUT2D eigenvalue weighted by atomic mass is 9.75. The fraction of sp³-hybridized carbons (Fsp3) is 0.464. The Kier molecular flexibility index (Phi) is 9.02. The maximum absolute atomic E-state index is 12.7. The molecule has 200 valence electrons. The van der Waals surface area contributed by atoms with Crippen molar-refractivity contribution in [1.82, 2.24) is 15.0 Å². The summed E-state index contributed by atoms with van der Waals surface area (Å²) in [5.41, 5.74) is 0.970. The number of nitrogens with zero attached hydrogens (tertiary/aromatic N) is 3. The molecule has 0 aliphatic carbocycles. The summed E-state index contributed by atoms with van der Waals surface area (Å²) in [5, 5.41) is 5.55. The molecule has 1 heterocycles. The van der Waals surface area contributed by atoms with Gasteiger partial charge >= 0.3 is 0 Å². The standard InChI is InChI=1S/C28H37BrN4O4/c1-18-31-22-14-24(37-17-27(2,3)16-28(4,5)26(34)33(6)36-8)23(35-7)13-21(22)25(32-18)30-15-19-10-9-11-20(29)12-19/h9-14H,15-17H2,1-8H3,(H,30,31,32). The molecular formula is C28H37BrN4O4. The van der Waals surface area contributed by atoms with Crippen molar-refractivity contribution in [3.05, 3.63) is 52.3 Å². The molecule has 1 N–H and O–H groups in total. The van der Waals surface area contributed by atoms with E-state index in [2.05, 4.69) is 57.2 Å². The Balaban J connectivity index is 1.82. The number of carbonyl (C=O) groups is 1. The van der Waals surface area contributed by atoms with Gasteiger partial charge in [-0.1, -0.05) is 55.8 Å². The number of anilines is 1. The van der Waals surface area contributed by atoms with Crippen LogP contribution in [0.4, 0.5) is 5.82 Å². The molecule has 37 heavy (non-hydrogen) atoms. The molecule has 8 nitrogen and oxygen atoms in total. The Labute approximate surface area is 227 Å². The summed E-state index contributed by atoms with van der Waals surface area (Å²) in [5.74, 6) is 2.49. The first-order chi connectivity index (χ1) is 17.3. The molecule has 1 amide bonds. The van der Waals surface area contributed by atoms with Crippen molar-refractivity contribution in [2.75, 3.05) is 33.2 Å². The van der Waals surface area contributed by atoms with Crippen molar-refractivity contribution in [2.45, 2.75) is 47.6 Å². The molecule has 0 radical (unpaired) electrons. The van der Waals surface area contributed by atoms with Gasteiger partial charge in [0.1, 0.15) is 11.6 Å². The molecule has 0 aliphatic rings. The van der Waals surface area contributed by atoms with E-state index in [0.29, 0.717) is 36.9 Å². The van der Waals surface area contributed by atoms with Crippen LogP contribution in [0.5, 0.6) is 11.5 Å². The van der Waals surface area contributed by atoms with Crippen molar-refractivity contribution >= 4 is 38.6 Å². The number of hydroxylamine groups is 2. The topological polar surface area (TPSA) is 85.8 Å². The van der Waals surface area contributed by atoms with Crippen LogP contribution in [0.1, 0.15) is 45.5 Å². The molecule has 2 aromatic carbocycles. The van der Waals surface area contributed by atoms with Crippen LogP contribution in [0.3, 0.4) is 0 Å². The minimum atomic E-state index is -0.621. The summed E-state index contributed by atoms with van der Waals surface area (Å²) in [6.45, 7) is 10.9. The van der Waals surface area contributed by atoms with E-state index in [0.717, 1.165) is 26.8 Å². The number of hydrogen-bond acceptors (Lipinski definition) is 7. The zero-order valence-corrected chi connectivity index (χ0v) is 24.5. The van der Waals surface area contributed by atoms with Crippen LogP contribution in [-0.2, 0) is 16.2 Å². The molecule has 3 rings (SSSR count). The second kappa shape index (κ2) is 11.6. The van der Waals surface area contributed by atoms with Crippen LogP contribution in [-0.4, -0.2) is 48.8 Å². The highest BCUT2D eigenvalue weighted by molar-refractivity contribution is 9.10. The van der Waals surface area contributed by atoms with Gasteiger partial charge in [0, 0.05) is 34.9 Å². The first-order valence-electron chi connectivity index (χ1n) is 12.1. The number of aromatic nitrogens is 2. The number of nitrogens with one attached hydrogen (secondary N) is 1. The third kappa shape index (κ3) is 7.32. The highest BCUT2D eigenvalue weighted by Crippen LogP contribution is 2.38. The van der Waals surface area contributed by atoms with Gasteiger partial charge in [-0.25, -0.2) is 15.0 Å². The highest BCUT2D eigenvalue weighted by atomic mass is 79.9. The van der Waals surface area contributed by atoms with Crippen LogP contribution < -0.4 is 14.8 Å². The van der Waals surface area contributed by atoms with Crippen molar-refractivity contribution in [1.29, 1.82) is 0 Å². The van der Waals surface area contributed by atoms with Gasteiger partial charge < -0.3 is 14.8 Å². The van der Waals surface area contributed by atoms with E-state index in [4.69, 9.17) is 14.3 Å². The average molecular weight is 574 g/mol. The van der Waals surface area contributed by atoms with Gasteiger partial charge in [0.2, 0.25) is 0 Å². The highest BCUT2D eigenvalue weighted by Gasteiger charge is 2.37. The fourth-order valence-electron chi connectivity index (χ4n) is 4.60. The zero-order chi connectivity index (χ0) is 27.4. The minimum absolute atomic E-state index is 0.0820. The van der Waals surface area contributed by atoms with Crippen LogP contribution in [0.15, 0.2) is 40.9 Å². The molecular weight excluding hydrogens is 536 g/mol. The molecule has 0 spiro atoms. The quantitative estimate of drug-likeness (QED) is 0.275. The number of hydrogen-bond donors (Lipinski definition) is 1. The Bertz CT molecular complexity index is 1260. The molecule has 1 aromatic heterocycles. The molecule has 0 saturated heterocycles. The maximum atomic E-state index is 12.7. The lowest BCUT2D eigenvalue weighted by Crippen LogP contribution is -2.41. The lowest BCUT2D eigenvalue weighted by molar-refractivity contribution is -0.180. The van der Waals surface area contributed by atoms with Gasteiger partial charge in [-0.2, -0.15) is 0 Å². The smallest absolute Gasteiger partial charge is 0.251 e. The summed E-state index contributed by atoms with van der Waals surface area (Å²) in [4.78, 5) is 27.1. The average Bonchev–Trinajstić information content (AvgIpc) is 2.83. The molecule has 0 saturated carbocycles. The predicted molar refractivity (Wildman–Crippen MR) is 150 cm³/mol. The Morgan fingerprint density at radius 3 is 2.46 bits per heavy atom. The normalized spacial score (nSPS) is 11.9.